The highest BCUT2D eigenvalue weighted by atomic mass is 19.1. The van der Waals surface area contributed by atoms with Crippen molar-refractivity contribution in [3.05, 3.63) is 35.1 Å². The number of carbonyl (C=O) groups is 1. The normalized spacial score (nSPS) is 12.7. The monoisotopic (exact) mass is 253 g/mol. The Labute approximate surface area is 107 Å². The van der Waals surface area contributed by atoms with Crippen LogP contribution in [0.1, 0.15) is 31.4 Å². The summed E-state index contributed by atoms with van der Waals surface area (Å²) >= 11 is 0. The number of halogens is 1. The van der Waals surface area contributed by atoms with Gasteiger partial charge in [0.15, 0.2) is 0 Å². The molecule has 1 atom stereocenters. The quantitative estimate of drug-likeness (QED) is 0.819. The van der Waals surface area contributed by atoms with E-state index in [1.54, 1.807) is 12.1 Å². The average molecular weight is 253 g/mol. The predicted molar refractivity (Wildman–Crippen MR) is 68.9 cm³/mol. The van der Waals surface area contributed by atoms with Crippen LogP contribution < -0.4 is 5.32 Å². The second-order valence-corrected chi connectivity index (χ2v) is 5.00. The van der Waals surface area contributed by atoms with Gasteiger partial charge in [0.2, 0.25) is 0 Å². The van der Waals surface area contributed by atoms with Gasteiger partial charge in [-0.3, -0.25) is 4.79 Å². The van der Waals surface area contributed by atoms with E-state index in [1.165, 1.54) is 6.07 Å². The molecule has 18 heavy (non-hydrogen) atoms. The van der Waals surface area contributed by atoms with Crippen LogP contribution >= 0.6 is 0 Å². The maximum absolute atomic E-state index is 13.5. The van der Waals surface area contributed by atoms with Crippen molar-refractivity contribution in [1.29, 1.82) is 0 Å². The summed E-state index contributed by atoms with van der Waals surface area (Å²) < 4.78 is 13.5. The van der Waals surface area contributed by atoms with Crippen molar-refractivity contribution < 1.29 is 14.3 Å². The Bertz CT molecular complexity index is 418. The van der Waals surface area contributed by atoms with E-state index in [2.05, 4.69) is 5.32 Å². The number of carboxylic acids is 1. The summed E-state index contributed by atoms with van der Waals surface area (Å²) in [6.45, 7) is 6.04. The molecule has 0 unspecified atom stereocenters. The van der Waals surface area contributed by atoms with Crippen LogP contribution in [0.2, 0.25) is 0 Å². The molecule has 0 saturated heterocycles. The Morgan fingerprint density at radius 1 is 1.44 bits per heavy atom. The Morgan fingerprint density at radius 2 is 2.11 bits per heavy atom. The molecule has 0 saturated carbocycles. The van der Waals surface area contributed by atoms with Gasteiger partial charge in [-0.05, 0) is 25.3 Å². The van der Waals surface area contributed by atoms with E-state index in [-0.39, 0.29) is 18.3 Å². The summed E-state index contributed by atoms with van der Waals surface area (Å²) in [5.41, 5.74) is 1.47. The van der Waals surface area contributed by atoms with E-state index in [0.717, 1.165) is 5.56 Å². The van der Waals surface area contributed by atoms with Gasteiger partial charge >= 0.3 is 5.97 Å². The third kappa shape index (κ3) is 4.45. The second-order valence-electron chi connectivity index (χ2n) is 5.00. The van der Waals surface area contributed by atoms with Crippen LogP contribution in [0.5, 0.6) is 0 Å². The van der Waals surface area contributed by atoms with Crippen molar-refractivity contribution in [1.82, 2.24) is 5.32 Å². The van der Waals surface area contributed by atoms with Crippen LogP contribution in [0.3, 0.4) is 0 Å². The lowest BCUT2D eigenvalue weighted by Gasteiger charge is -2.16. The lowest BCUT2D eigenvalue weighted by molar-refractivity contribution is -0.140. The highest BCUT2D eigenvalue weighted by Gasteiger charge is 2.18. The van der Waals surface area contributed by atoms with Crippen molar-refractivity contribution >= 4 is 5.97 Å². The number of hydrogen-bond donors (Lipinski definition) is 2. The highest BCUT2D eigenvalue weighted by molar-refractivity contribution is 5.73. The number of aryl methyl sites for hydroxylation is 1. The van der Waals surface area contributed by atoms with Crippen LogP contribution in [0.25, 0.3) is 0 Å². The summed E-state index contributed by atoms with van der Waals surface area (Å²) in [5, 5.41) is 12.0. The van der Waals surface area contributed by atoms with Crippen LogP contribution in [0, 0.1) is 18.7 Å². The third-order valence-electron chi connectivity index (χ3n) is 2.75. The standard InChI is InChI=1S/C14H20FNO2/c1-9(2)6-13(14(17)18)16-8-11-7-10(3)4-5-12(11)15/h4-5,7,9,13,16H,6,8H2,1-3H3,(H,17,18)/t13-/m1/s1. The molecule has 0 amide bonds. The fraction of sp³-hybridized carbons (Fsp3) is 0.500. The molecule has 1 aromatic carbocycles. The van der Waals surface area contributed by atoms with Crippen LogP contribution in [-0.2, 0) is 11.3 Å². The number of rotatable bonds is 6. The van der Waals surface area contributed by atoms with E-state index in [1.807, 2.05) is 20.8 Å². The topological polar surface area (TPSA) is 49.3 Å². The lowest BCUT2D eigenvalue weighted by Crippen LogP contribution is -2.37. The van der Waals surface area contributed by atoms with E-state index >= 15 is 0 Å². The number of aliphatic carboxylic acids is 1. The van der Waals surface area contributed by atoms with Gasteiger partial charge in [0.1, 0.15) is 11.9 Å². The van der Waals surface area contributed by atoms with Gasteiger partial charge in [-0.25, -0.2) is 4.39 Å². The van der Waals surface area contributed by atoms with Crippen LogP contribution in [-0.4, -0.2) is 17.1 Å². The molecule has 0 aliphatic carbocycles. The van der Waals surface area contributed by atoms with Crippen molar-refractivity contribution in [2.75, 3.05) is 0 Å². The summed E-state index contributed by atoms with van der Waals surface area (Å²) in [5.74, 6) is -0.917. The van der Waals surface area contributed by atoms with Gasteiger partial charge in [-0.1, -0.05) is 31.5 Å². The van der Waals surface area contributed by atoms with E-state index in [0.29, 0.717) is 12.0 Å². The molecular formula is C14H20FNO2. The van der Waals surface area contributed by atoms with E-state index < -0.39 is 12.0 Å². The summed E-state index contributed by atoms with van der Waals surface area (Å²) in [7, 11) is 0. The van der Waals surface area contributed by atoms with E-state index in [4.69, 9.17) is 5.11 Å². The minimum absolute atomic E-state index is 0.233. The van der Waals surface area contributed by atoms with Gasteiger partial charge in [-0.15, -0.1) is 0 Å². The molecule has 2 N–H and O–H groups in total. The molecule has 0 aliphatic heterocycles. The number of hydrogen-bond acceptors (Lipinski definition) is 2. The molecule has 0 aliphatic rings. The fourth-order valence-corrected chi connectivity index (χ4v) is 1.82. The largest absolute Gasteiger partial charge is 0.480 e. The number of benzene rings is 1. The molecule has 0 heterocycles. The Hall–Kier alpha value is -1.42. The van der Waals surface area contributed by atoms with Gasteiger partial charge in [0, 0.05) is 12.1 Å². The molecule has 0 spiro atoms. The zero-order chi connectivity index (χ0) is 13.7. The molecule has 100 valence electrons. The minimum Gasteiger partial charge on any atom is -0.480 e. The zero-order valence-corrected chi connectivity index (χ0v) is 11.0. The first-order chi connectivity index (χ1) is 8.40. The zero-order valence-electron chi connectivity index (χ0n) is 11.0. The summed E-state index contributed by atoms with van der Waals surface area (Å²) in [4.78, 5) is 11.1. The van der Waals surface area contributed by atoms with Gasteiger partial charge < -0.3 is 10.4 Å². The van der Waals surface area contributed by atoms with Crippen LogP contribution in [0.15, 0.2) is 18.2 Å². The molecule has 0 bridgehead atoms. The molecular weight excluding hydrogens is 233 g/mol. The maximum atomic E-state index is 13.5. The van der Waals surface area contributed by atoms with Gasteiger partial charge in [0.05, 0.1) is 0 Å². The first-order valence-electron chi connectivity index (χ1n) is 6.11. The first-order valence-corrected chi connectivity index (χ1v) is 6.11. The SMILES string of the molecule is Cc1ccc(F)c(CN[C@H](CC(C)C)C(=O)O)c1. The second kappa shape index (κ2) is 6.50. The molecule has 4 heteroatoms. The number of nitrogens with one attached hydrogen (secondary N) is 1. The fourth-order valence-electron chi connectivity index (χ4n) is 1.82. The van der Waals surface area contributed by atoms with Gasteiger partial charge in [0.25, 0.3) is 0 Å². The molecule has 3 nitrogen and oxygen atoms in total. The Morgan fingerprint density at radius 3 is 2.67 bits per heavy atom. The molecule has 0 radical (unpaired) electrons. The Kier molecular flexibility index (Phi) is 5.28. The third-order valence-corrected chi connectivity index (χ3v) is 2.75. The van der Waals surface area contributed by atoms with Crippen LogP contribution in [0.4, 0.5) is 4.39 Å². The minimum atomic E-state index is -0.892. The van der Waals surface area contributed by atoms with E-state index in [9.17, 15) is 9.18 Å². The predicted octanol–water partition coefficient (Wildman–Crippen LogP) is 2.72. The lowest BCUT2D eigenvalue weighted by atomic mass is 10.0. The summed E-state index contributed by atoms with van der Waals surface area (Å²) in [6, 6.07) is 4.20. The first kappa shape index (κ1) is 14.6. The van der Waals surface area contributed by atoms with Crippen molar-refractivity contribution in [3.63, 3.8) is 0 Å². The average Bonchev–Trinajstić information content (AvgIpc) is 2.27. The van der Waals surface area contributed by atoms with Crippen molar-refractivity contribution in [3.8, 4) is 0 Å². The Balaban J connectivity index is 2.66. The highest BCUT2D eigenvalue weighted by Crippen LogP contribution is 2.11. The van der Waals surface area contributed by atoms with Gasteiger partial charge in [-0.2, -0.15) is 0 Å². The van der Waals surface area contributed by atoms with Crippen molar-refractivity contribution in [2.24, 2.45) is 5.92 Å². The smallest absolute Gasteiger partial charge is 0.320 e. The maximum Gasteiger partial charge on any atom is 0.320 e. The molecule has 0 aromatic heterocycles. The summed E-state index contributed by atoms with van der Waals surface area (Å²) in [6.07, 6.45) is 0.531. The van der Waals surface area contributed by atoms with Crippen molar-refractivity contribution in [2.45, 2.75) is 39.8 Å². The molecule has 1 rings (SSSR count). The molecule has 0 fully saturated rings. The number of carboxylic acid groups (broad SMARTS) is 1. The molecule has 1 aromatic rings.